The van der Waals surface area contributed by atoms with Crippen molar-refractivity contribution in [2.75, 3.05) is 5.32 Å². The second-order valence-electron chi connectivity index (χ2n) is 3.10. The van der Waals surface area contributed by atoms with E-state index in [0.717, 1.165) is 0 Å². The maximum atomic E-state index is 12.5. The van der Waals surface area contributed by atoms with Gasteiger partial charge in [0.15, 0.2) is 5.11 Å². The molecule has 0 aliphatic heterocycles. The van der Waals surface area contributed by atoms with Crippen LogP contribution in [0.15, 0.2) is 12.1 Å². The number of nitro groups is 1. The Morgan fingerprint density at radius 1 is 1.50 bits per heavy atom. The molecule has 0 aromatic heterocycles. The van der Waals surface area contributed by atoms with Gasteiger partial charge in [-0.2, -0.15) is 13.2 Å². The second-order valence-corrected chi connectivity index (χ2v) is 3.94. The van der Waals surface area contributed by atoms with Crippen LogP contribution in [0.25, 0.3) is 0 Å². The molecule has 0 amide bonds. The average molecular weight is 300 g/mol. The number of halogens is 4. The molecule has 1 rings (SSSR count). The van der Waals surface area contributed by atoms with Crippen LogP contribution >= 0.6 is 23.8 Å². The minimum Gasteiger partial charge on any atom is -0.376 e. The van der Waals surface area contributed by atoms with Gasteiger partial charge in [-0.15, -0.1) is 0 Å². The summed E-state index contributed by atoms with van der Waals surface area (Å²) < 4.78 is 37.4. The van der Waals surface area contributed by atoms with E-state index in [0.29, 0.717) is 12.1 Å². The Morgan fingerprint density at radius 2 is 2.06 bits per heavy atom. The highest BCUT2D eigenvalue weighted by molar-refractivity contribution is 7.80. The molecule has 0 bridgehead atoms. The number of anilines is 1. The molecule has 0 atom stereocenters. The van der Waals surface area contributed by atoms with Crippen molar-refractivity contribution in [3.63, 3.8) is 0 Å². The highest BCUT2D eigenvalue weighted by Gasteiger charge is 2.34. The Bertz CT molecular complexity index is 521. The van der Waals surface area contributed by atoms with Gasteiger partial charge < -0.3 is 11.1 Å². The molecule has 0 unspecified atom stereocenters. The smallest absolute Gasteiger partial charge is 0.376 e. The predicted octanol–water partition coefficient (Wildman–Crippen LogP) is 2.92. The third-order valence-electron chi connectivity index (χ3n) is 1.84. The van der Waals surface area contributed by atoms with E-state index in [9.17, 15) is 23.3 Å². The van der Waals surface area contributed by atoms with Crippen molar-refractivity contribution < 1.29 is 18.1 Å². The van der Waals surface area contributed by atoms with Gasteiger partial charge in [0.2, 0.25) is 0 Å². The molecule has 0 fully saturated rings. The van der Waals surface area contributed by atoms with E-state index in [1.807, 2.05) is 0 Å². The molecule has 0 aliphatic carbocycles. The number of nitro benzene ring substituents is 1. The highest BCUT2D eigenvalue weighted by atomic mass is 35.5. The lowest BCUT2D eigenvalue weighted by Crippen LogP contribution is -2.20. The number of nitrogens with one attached hydrogen (secondary N) is 1. The molecule has 0 heterocycles. The first kappa shape index (κ1) is 14.5. The summed E-state index contributed by atoms with van der Waals surface area (Å²) in [7, 11) is 0. The first-order chi connectivity index (χ1) is 8.12. The minimum absolute atomic E-state index is 0.347. The average Bonchev–Trinajstić information content (AvgIpc) is 2.17. The van der Waals surface area contributed by atoms with E-state index in [1.165, 1.54) is 0 Å². The van der Waals surface area contributed by atoms with Crippen molar-refractivity contribution >= 4 is 40.3 Å². The number of hydrogen-bond donors (Lipinski definition) is 2. The van der Waals surface area contributed by atoms with Gasteiger partial charge in [0, 0.05) is 6.07 Å². The largest absolute Gasteiger partial charge is 0.416 e. The molecule has 10 heteroatoms. The SMILES string of the molecule is NC(=S)Nc1c(Cl)cc(C(F)(F)F)cc1[N+](=O)[O-]. The van der Waals surface area contributed by atoms with Crippen molar-refractivity contribution in [1.82, 2.24) is 0 Å². The van der Waals surface area contributed by atoms with Crippen LogP contribution in [0.4, 0.5) is 24.5 Å². The van der Waals surface area contributed by atoms with Crippen LogP contribution in [0.5, 0.6) is 0 Å². The lowest BCUT2D eigenvalue weighted by molar-refractivity contribution is -0.384. The van der Waals surface area contributed by atoms with Gasteiger partial charge in [0.1, 0.15) is 5.69 Å². The minimum atomic E-state index is -4.74. The van der Waals surface area contributed by atoms with Crippen molar-refractivity contribution in [3.05, 3.63) is 32.8 Å². The summed E-state index contributed by atoms with van der Waals surface area (Å²) in [6.07, 6.45) is -4.74. The third kappa shape index (κ3) is 3.20. The Balaban J connectivity index is 3.45. The molecule has 18 heavy (non-hydrogen) atoms. The molecule has 0 saturated heterocycles. The zero-order chi connectivity index (χ0) is 14.1. The van der Waals surface area contributed by atoms with Gasteiger partial charge in [-0.3, -0.25) is 10.1 Å². The first-order valence-corrected chi connectivity index (χ1v) is 5.03. The quantitative estimate of drug-likeness (QED) is 0.498. The van der Waals surface area contributed by atoms with Crippen LogP contribution in [0.3, 0.4) is 0 Å². The van der Waals surface area contributed by atoms with Crippen LogP contribution in [0.2, 0.25) is 5.02 Å². The number of rotatable bonds is 2. The molecule has 98 valence electrons. The van der Waals surface area contributed by atoms with Crippen LogP contribution in [0, 0.1) is 10.1 Å². The van der Waals surface area contributed by atoms with E-state index in [1.54, 1.807) is 0 Å². The summed E-state index contributed by atoms with van der Waals surface area (Å²) in [6, 6.07) is 0.904. The van der Waals surface area contributed by atoms with Crippen LogP contribution in [0.1, 0.15) is 5.56 Å². The van der Waals surface area contributed by atoms with E-state index in [-0.39, 0.29) is 10.8 Å². The lowest BCUT2D eigenvalue weighted by Gasteiger charge is -2.11. The van der Waals surface area contributed by atoms with Crippen LogP contribution in [-0.4, -0.2) is 10.0 Å². The van der Waals surface area contributed by atoms with Crippen molar-refractivity contribution in [2.45, 2.75) is 6.18 Å². The molecule has 0 spiro atoms. The number of hydrogen-bond acceptors (Lipinski definition) is 3. The van der Waals surface area contributed by atoms with Gasteiger partial charge in [-0.1, -0.05) is 11.6 Å². The molecule has 1 aromatic carbocycles. The fraction of sp³-hybridized carbons (Fsp3) is 0.125. The molecule has 0 saturated carbocycles. The number of thiocarbonyl (C=S) groups is 1. The number of alkyl halides is 3. The van der Waals surface area contributed by atoms with Gasteiger partial charge in [0.05, 0.1) is 15.5 Å². The molecular weight excluding hydrogens is 295 g/mol. The summed E-state index contributed by atoms with van der Waals surface area (Å²) in [5.41, 5.74) is 2.64. The van der Waals surface area contributed by atoms with Gasteiger partial charge in [-0.05, 0) is 18.3 Å². The summed E-state index contributed by atoms with van der Waals surface area (Å²) >= 11 is 10.00. The zero-order valence-electron chi connectivity index (χ0n) is 8.42. The van der Waals surface area contributed by atoms with E-state index in [4.69, 9.17) is 17.3 Å². The van der Waals surface area contributed by atoms with Crippen molar-refractivity contribution in [1.29, 1.82) is 0 Å². The summed E-state index contributed by atoms with van der Waals surface area (Å²) in [4.78, 5) is 9.68. The Labute approximate surface area is 109 Å². The van der Waals surface area contributed by atoms with Gasteiger partial charge in [0.25, 0.3) is 5.69 Å². The van der Waals surface area contributed by atoms with Gasteiger partial charge >= 0.3 is 6.18 Å². The topological polar surface area (TPSA) is 81.2 Å². The van der Waals surface area contributed by atoms with Gasteiger partial charge in [-0.25, -0.2) is 0 Å². The van der Waals surface area contributed by atoms with E-state index in [2.05, 4.69) is 17.5 Å². The second kappa shape index (κ2) is 4.94. The lowest BCUT2D eigenvalue weighted by atomic mass is 10.1. The predicted molar refractivity (Wildman–Crippen MR) is 63.5 cm³/mol. The van der Waals surface area contributed by atoms with Crippen LogP contribution in [-0.2, 0) is 6.18 Å². The Kier molecular flexibility index (Phi) is 3.97. The standard InChI is InChI=1S/C8H5ClF3N3O2S/c9-4-1-3(8(10,11)12)2-5(15(16)17)6(4)14-7(13)18/h1-2H,(H3,13,14,18). The molecule has 3 N–H and O–H groups in total. The van der Waals surface area contributed by atoms with E-state index >= 15 is 0 Å². The number of nitrogens with zero attached hydrogens (tertiary/aromatic N) is 1. The normalized spacial score (nSPS) is 11.1. The molecule has 5 nitrogen and oxygen atoms in total. The summed E-state index contributed by atoms with van der Waals surface area (Å²) in [6.45, 7) is 0. The van der Waals surface area contributed by atoms with E-state index < -0.39 is 27.4 Å². The monoisotopic (exact) mass is 299 g/mol. The summed E-state index contributed by atoms with van der Waals surface area (Å²) in [5.74, 6) is 0. The number of benzene rings is 1. The van der Waals surface area contributed by atoms with Crippen molar-refractivity contribution in [2.24, 2.45) is 5.73 Å². The Morgan fingerprint density at radius 3 is 2.44 bits per heavy atom. The molecule has 0 radical (unpaired) electrons. The fourth-order valence-corrected chi connectivity index (χ4v) is 1.51. The highest BCUT2D eigenvalue weighted by Crippen LogP contribution is 2.39. The third-order valence-corrected chi connectivity index (χ3v) is 2.24. The maximum Gasteiger partial charge on any atom is 0.416 e. The molecule has 0 aliphatic rings. The molecular formula is C8H5ClF3N3O2S. The molecule has 1 aromatic rings. The Hall–Kier alpha value is -1.61. The maximum absolute atomic E-state index is 12.5. The fourth-order valence-electron chi connectivity index (χ4n) is 1.15. The first-order valence-electron chi connectivity index (χ1n) is 4.24. The number of nitrogens with two attached hydrogens (primary N) is 1. The van der Waals surface area contributed by atoms with Crippen LogP contribution < -0.4 is 11.1 Å². The zero-order valence-corrected chi connectivity index (χ0v) is 9.99. The summed E-state index contributed by atoms with van der Waals surface area (Å²) in [5, 5.41) is 12.0. The van der Waals surface area contributed by atoms with Crippen molar-refractivity contribution in [3.8, 4) is 0 Å².